The smallest absolute Gasteiger partial charge is 0.334 e. The second-order valence-corrected chi connectivity index (χ2v) is 7.94. The van der Waals surface area contributed by atoms with Crippen LogP contribution in [0.5, 0.6) is 5.75 Å². The minimum atomic E-state index is -4.41. The maximum Gasteiger partial charge on any atom is 0.334 e. The highest BCUT2D eigenvalue weighted by Gasteiger charge is 2.19. The fraction of sp³-hybridized carbons (Fsp3) is 0.0476. The molecule has 0 aliphatic rings. The van der Waals surface area contributed by atoms with Crippen LogP contribution in [-0.4, -0.2) is 27.5 Å². The molecule has 0 atom stereocenters. The number of anilines is 3. The Hall–Kier alpha value is -4.19. The van der Waals surface area contributed by atoms with Crippen molar-refractivity contribution < 1.29 is 31.5 Å². The minimum absolute atomic E-state index is 0.00361. The molecule has 3 rings (SSSR count). The highest BCUT2D eigenvalue weighted by Crippen LogP contribution is 2.27. The first-order valence-electron chi connectivity index (χ1n) is 9.28. The van der Waals surface area contributed by atoms with Gasteiger partial charge in [-0.15, -0.1) is 0 Å². The van der Waals surface area contributed by atoms with E-state index in [1.165, 1.54) is 25.3 Å². The first kappa shape index (κ1) is 23.5. The Bertz CT molecular complexity index is 1290. The van der Waals surface area contributed by atoms with E-state index in [9.17, 15) is 26.8 Å². The number of para-hydroxylation sites is 1. The van der Waals surface area contributed by atoms with Crippen molar-refractivity contribution in [3.8, 4) is 5.75 Å². The summed E-state index contributed by atoms with van der Waals surface area (Å²) in [7, 11) is -3.13. The normalized spacial score (nSPS) is 10.8. The van der Waals surface area contributed by atoms with Crippen molar-refractivity contribution in [3.05, 3.63) is 83.9 Å². The highest BCUT2D eigenvalue weighted by molar-refractivity contribution is 7.91. The van der Waals surface area contributed by atoms with Gasteiger partial charge in [0, 0.05) is 23.0 Å². The predicted molar refractivity (Wildman–Crippen MR) is 118 cm³/mol. The van der Waals surface area contributed by atoms with Gasteiger partial charge in [-0.05, 0) is 42.5 Å². The number of carbonyl (C=O) groups is 2. The van der Waals surface area contributed by atoms with Gasteiger partial charge < -0.3 is 15.4 Å². The number of rotatable bonds is 7. The van der Waals surface area contributed by atoms with Crippen LogP contribution in [0, 0.1) is 11.6 Å². The number of benzene rings is 3. The van der Waals surface area contributed by atoms with Crippen molar-refractivity contribution >= 4 is 39.2 Å². The number of amides is 3. The molecule has 0 saturated heterocycles. The first-order chi connectivity index (χ1) is 15.7. The van der Waals surface area contributed by atoms with Gasteiger partial charge in [0.15, 0.2) is 11.6 Å². The van der Waals surface area contributed by atoms with Crippen LogP contribution >= 0.6 is 0 Å². The van der Waals surface area contributed by atoms with E-state index in [4.69, 9.17) is 4.74 Å². The molecule has 0 radical (unpaired) electrons. The maximum atomic E-state index is 13.4. The summed E-state index contributed by atoms with van der Waals surface area (Å²) in [5, 5.41) is 4.73. The van der Waals surface area contributed by atoms with Gasteiger partial charge in [0.05, 0.1) is 12.8 Å². The lowest BCUT2D eigenvalue weighted by Crippen LogP contribution is -2.38. The predicted octanol–water partition coefficient (Wildman–Crippen LogP) is 3.70. The molecule has 0 aliphatic heterocycles. The number of methoxy groups -OCH3 is 1. The molecule has 4 N–H and O–H groups in total. The largest absolute Gasteiger partial charge is 0.495 e. The van der Waals surface area contributed by atoms with Gasteiger partial charge >= 0.3 is 16.2 Å². The fourth-order valence-corrected chi connectivity index (χ4v) is 3.47. The summed E-state index contributed by atoms with van der Waals surface area (Å²) >= 11 is 0. The van der Waals surface area contributed by atoms with Crippen LogP contribution in [0.15, 0.2) is 66.7 Å². The zero-order valence-corrected chi connectivity index (χ0v) is 17.9. The zero-order chi connectivity index (χ0) is 24.0. The summed E-state index contributed by atoms with van der Waals surface area (Å²) in [5.41, 5.74) is 0.206. The van der Waals surface area contributed by atoms with E-state index >= 15 is 0 Å². The Morgan fingerprint density at radius 1 is 0.848 bits per heavy atom. The molecule has 0 aliphatic carbocycles. The lowest BCUT2D eigenvalue weighted by atomic mass is 10.1. The van der Waals surface area contributed by atoms with Crippen LogP contribution in [0.1, 0.15) is 10.4 Å². The van der Waals surface area contributed by atoms with E-state index in [0.717, 1.165) is 18.2 Å². The topological polar surface area (TPSA) is 126 Å². The van der Waals surface area contributed by atoms with E-state index < -0.39 is 33.8 Å². The van der Waals surface area contributed by atoms with Gasteiger partial charge in [-0.25, -0.2) is 18.3 Å². The number of urea groups is 1. The third-order valence-corrected chi connectivity index (χ3v) is 5.08. The molecule has 3 aromatic carbocycles. The Morgan fingerprint density at radius 3 is 2.24 bits per heavy atom. The monoisotopic (exact) mass is 476 g/mol. The van der Waals surface area contributed by atoms with Gasteiger partial charge in [-0.1, -0.05) is 18.2 Å². The van der Waals surface area contributed by atoms with Crippen molar-refractivity contribution in [2.75, 3.05) is 22.5 Å². The number of hydrogen-bond donors (Lipinski definition) is 4. The minimum Gasteiger partial charge on any atom is -0.495 e. The Balaban J connectivity index is 1.74. The molecule has 9 nitrogen and oxygen atoms in total. The molecule has 0 bridgehead atoms. The number of nitrogens with one attached hydrogen (secondary N) is 4. The molecular weight excluding hydrogens is 458 g/mol. The zero-order valence-electron chi connectivity index (χ0n) is 17.1. The number of carbonyl (C=O) groups excluding carboxylic acids is 2. The molecule has 33 heavy (non-hydrogen) atoms. The van der Waals surface area contributed by atoms with Crippen molar-refractivity contribution in [1.82, 2.24) is 4.72 Å². The van der Waals surface area contributed by atoms with E-state index in [-0.39, 0.29) is 22.7 Å². The van der Waals surface area contributed by atoms with E-state index in [0.29, 0.717) is 5.69 Å². The average Bonchev–Trinajstić information content (AvgIpc) is 2.76. The molecule has 0 spiro atoms. The highest BCUT2D eigenvalue weighted by atomic mass is 32.2. The van der Waals surface area contributed by atoms with Crippen molar-refractivity contribution in [1.29, 1.82) is 0 Å². The van der Waals surface area contributed by atoms with Crippen LogP contribution in [0.2, 0.25) is 0 Å². The van der Waals surface area contributed by atoms with Crippen LogP contribution in [0.4, 0.5) is 30.6 Å². The third-order valence-electron chi connectivity index (χ3n) is 4.14. The van der Waals surface area contributed by atoms with Crippen LogP contribution in [-0.2, 0) is 10.2 Å². The third kappa shape index (κ3) is 6.40. The molecule has 0 heterocycles. The molecule has 12 heteroatoms. The second-order valence-electron chi connectivity index (χ2n) is 6.53. The lowest BCUT2D eigenvalue weighted by Gasteiger charge is -2.14. The van der Waals surface area contributed by atoms with Crippen molar-refractivity contribution in [2.24, 2.45) is 0 Å². The number of halogens is 2. The van der Waals surface area contributed by atoms with Gasteiger partial charge in [0.1, 0.15) is 5.75 Å². The summed E-state index contributed by atoms with van der Waals surface area (Å²) < 4.78 is 60.2. The van der Waals surface area contributed by atoms with E-state index in [2.05, 4.69) is 15.4 Å². The Kier molecular flexibility index (Phi) is 7.08. The summed E-state index contributed by atoms with van der Waals surface area (Å²) in [6.07, 6.45) is 0. The second kappa shape index (κ2) is 9.96. The van der Waals surface area contributed by atoms with Gasteiger partial charge in [0.2, 0.25) is 0 Å². The molecule has 172 valence electrons. The molecule has 3 aromatic rings. The average molecular weight is 476 g/mol. The maximum absolute atomic E-state index is 13.4. The molecule has 0 aromatic heterocycles. The summed E-state index contributed by atoms with van der Waals surface area (Å²) in [6, 6.07) is 13.8. The Morgan fingerprint density at radius 2 is 1.58 bits per heavy atom. The SMILES string of the molecule is COc1ccc(C(=O)Nc2ccc(F)c(F)c2)cc1NS(=O)(=O)NC(=O)Nc1ccccc1. The number of hydrogen-bond acceptors (Lipinski definition) is 5. The van der Waals surface area contributed by atoms with Gasteiger partial charge in [0.25, 0.3) is 5.91 Å². The Labute approximate surface area is 188 Å². The molecule has 0 saturated carbocycles. The number of ether oxygens (including phenoxy) is 1. The quantitative estimate of drug-likeness (QED) is 0.414. The van der Waals surface area contributed by atoms with Crippen LogP contribution < -0.4 is 24.8 Å². The molecule has 0 unspecified atom stereocenters. The first-order valence-corrected chi connectivity index (χ1v) is 10.8. The van der Waals surface area contributed by atoms with Crippen molar-refractivity contribution in [2.45, 2.75) is 0 Å². The van der Waals surface area contributed by atoms with Crippen LogP contribution in [0.3, 0.4) is 0 Å². The summed E-state index contributed by atoms with van der Waals surface area (Å²) in [6.45, 7) is 0. The van der Waals surface area contributed by atoms with Gasteiger partial charge in [-0.3, -0.25) is 9.52 Å². The van der Waals surface area contributed by atoms with E-state index in [1.807, 2.05) is 0 Å². The fourth-order valence-electron chi connectivity index (χ4n) is 2.68. The molecule has 0 fully saturated rings. The standard InChI is InChI=1S/C21H18F2N4O5S/c1-32-19-10-7-13(20(28)24-15-8-9-16(22)17(23)12-15)11-18(19)26-33(30,31)27-21(29)25-14-5-3-2-4-6-14/h2-12,26H,1H3,(H,24,28)(H2,25,27,29). The van der Waals surface area contributed by atoms with Gasteiger partial charge in [-0.2, -0.15) is 8.42 Å². The molecule has 3 amide bonds. The summed E-state index contributed by atoms with van der Waals surface area (Å²) in [4.78, 5) is 24.5. The van der Waals surface area contributed by atoms with Crippen molar-refractivity contribution in [3.63, 3.8) is 0 Å². The summed E-state index contributed by atoms with van der Waals surface area (Å²) in [5.74, 6) is -2.87. The van der Waals surface area contributed by atoms with Crippen LogP contribution in [0.25, 0.3) is 0 Å². The molecular formula is C21H18F2N4O5S. The van der Waals surface area contributed by atoms with E-state index in [1.54, 1.807) is 35.1 Å². The lowest BCUT2D eigenvalue weighted by molar-refractivity contribution is 0.102.